The molecule has 0 spiro atoms. The Kier molecular flexibility index (Phi) is 3.94. The molecule has 0 aliphatic carbocycles. The first-order chi connectivity index (χ1) is 10.6. The van der Waals surface area contributed by atoms with Crippen molar-refractivity contribution in [2.24, 2.45) is 0 Å². The summed E-state index contributed by atoms with van der Waals surface area (Å²) in [7, 11) is -3.61. The summed E-state index contributed by atoms with van der Waals surface area (Å²) in [4.78, 5) is 4.26. The molecule has 0 saturated carbocycles. The van der Waals surface area contributed by atoms with E-state index in [1.807, 2.05) is 0 Å². The van der Waals surface area contributed by atoms with E-state index in [0.717, 1.165) is 0 Å². The summed E-state index contributed by atoms with van der Waals surface area (Å²) < 4.78 is 31.9. The van der Waals surface area contributed by atoms with Crippen LogP contribution in [0.25, 0.3) is 11.6 Å². The van der Waals surface area contributed by atoms with Gasteiger partial charge in [-0.3, -0.25) is 4.98 Å². The van der Waals surface area contributed by atoms with Gasteiger partial charge in [0.1, 0.15) is 5.69 Å². The first-order valence-corrected chi connectivity index (χ1v) is 7.92. The van der Waals surface area contributed by atoms with E-state index in [2.05, 4.69) is 19.9 Å². The molecule has 3 rings (SSSR count). The van der Waals surface area contributed by atoms with Crippen LogP contribution in [0.15, 0.2) is 64.0 Å². The maximum atomic E-state index is 12.1. The number of aromatic nitrogens is 3. The van der Waals surface area contributed by atoms with Crippen LogP contribution in [-0.2, 0) is 16.6 Å². The fourth-order valence-corrected chi connectivity index (χ4v) is 2.75. The zero-order valence-corrected chi connectivity index (χ0v) is 12.2. The molecule has 0 saturated heterocycles. The molecule has 0 aliphatic rings. The smallest absolute Gasteiger partial charge is 0.266 e. The summed E-state index contributed by atoms with van der Waals surface area (Å²) in [6.45, 7) is -0.0862. The Morgan fingerprint density at radius 3 is 2.50 bits per heavy atom. The molecule has 0 unspecified atom stereocenters. The van der Waals surface area contributed by atoms with Crippen molar-refractivity contribution in [2.75, 3.05) is 0 Å². The highest BCUT2D eigenvalue weighted by atomic mass is 32.2. The van der Waals surface area contributed by atoms with E-state index in [9.17, 15) is 8.42 Å². The number of rotatable bonds is 5. The lowest BCUT2D eigenvalue weighted by Crippen LogP contribution is -2.23. The molecule has 112 valence electrons. The molecule has 2 heterocycles. The van der Waals surface area contributed by atoms with Crippen molar-refractivity contribution in [1.29, 1.82) is 0 Å². The van der Waals surface area contributed by atoms with Crippen LogP contribution in [0.5, 0.6) is 0 Å². The number of sulfonamides is 1. The highest BCUT2D eigenvalue weighted by Gasteiger charge is 2.15. The quantitative estimate of drug-likeness (QED) is 0.768. The highest BCUT2D eigenvalue weighted by molar-refractivity contribution is 7.89. The van der Waals surface area contributed by atoms with Crippen molar-refractivity contribution >= 4 is 10.0 Å². The molecule has 0 aliphatic heterocycles. The van der Waals surface area contributed by atoms with Crippen LogP contribution in [-0.4, -0.2) is 23.6 Å². The van der Waals surface area contributed by atoms with Gasteiger partial charge in [0.15, 0.2) is 0 Å². The molecule has 7 nitrogen and oxygen atoms in total. The van der Waals surface area contributed by atoms with E-state index in [-0.39, 0.29) is 23.2 Å². The monoisotopic (exact) mass is 316 g/mol. The molecule has 0 bridgehead atoms. The Balaban J connectivity index is 1.72. The van der Waals surface area contributed by atoms with E-state index in [1.54, 1.807) is 42.6 Å². The summed E-state index contributed by atoms with van der Waals surface area (Å²) in [5.74, 6) is 0.412. The number of benzene rings is 1. The topological polar surface area (TPSA) is 98.0 Å². The minimum atomic E-state index is -3.61. The lowest BCUT2D eigenvalue weighted by molar-refractivity contribution is 0.493. The third-order valence-electron chi connectivity index (χ3n) is 2.82. The average molecular weight is 316 g/mol. The zero-order valence-electron chi connectivity index (χ0n) is 11.4. The van der Waals surface area contributed by atoms with E-state index in [4.69, 9.17) is 4.42 Å². The molecule has 22 heavy (non-hydrogen) atoms. The Morgan fingerprint density at radius 1 is 1.00 bits per heavy atom. The van der Waals surface area contributed by atoms with Crippen LogP contribution in [0.1, 0.15) is 5.89 Å². The van der Waals surface area contributed by atoms with Crippen LogP contribution < -0.4 is 4.72 Å². The van der Waals surface area contributed by atoms with Crippen molar-refractivity contribution < 1.29 is 12.8 Å². The molecule has 8 heteroatoms. The van der Waals surface area contributed by atoms with E-state index >= 15 is 0 Å². The van der Waals surface area contributed by atoms with Gasteiger partial charge in [-0.05, 0) is 24.3 Å². The van der Waals surface area contributed by atoms with Crippen molar-refractivity contribution in [2.45, 2.75) is 11.4 Å². The maximum Gasteiger partial charge on any atom is 0.266 e. The number of nitrogens with zero attached hydrogens (tertiary/aromatic N) is 3. The van der Waals surface area contributed by atoms with Gasteiger partial charge in [0.25, 0.3) is 5.89 Å². The molecular formula is C14H12N4O3S. The van der Waals surface area contributed by atoms with Crippen LogP contribution in [0.2, 0.25) is 0 Å². The zero-order chi connectivity index (χ0) is 15.4. The Hall–Kier alpha value is -2.58. The van der Waals surface area contributed by atoms with Gasteiger partial charge in [0.05, 0.1) is 11.4 Å². The van der Waals surface area contributed by atoms with Gasteiger partial charge in [-0.1, -0.05) is 24.3 Å². The number of hydrogen-bond donors (Lipinski definition) is 1. The van der Waals surface area contributed by atoms with Gasteiger partial charge in [0, 0.05) is 6.20 Å². The van der Waals surface area contributed by atoms with Crippen LogP contribution >= 0.6 is 0 Å². The Morgan fingerprint density at radius 2 is 1.77 bits per heavy atom. The summed E-state index contributed by atoms with van der Waals surface area (Å²) in [5, 5.41) is 7.65. The largest absolute Gasteiger partial charge is 0.418 e. The molecule has 0 radical (unpaired) electrons. The van der Waals surface area contributed by atoms with Gasteiger partial charge in [0.2, 0.25) is 15.9 Å². The van der Waals surface area contributed by atoms with E-state index < -0.39 is 10.0 Å². The molecule has 0 fully saturated rings. The van der Waals surface area contributed by atoms with Gasteiger partial charge < -0.3 is 4.42 Å². The first-order valence-electron chi connectivity index (χ1n) is 6.44. The molecule has 0 amide bonds. The molecule has 1 aromatic carbocycles. The SMILES string of the molecule is O=S(=O)(NCc1nnc(-c2ccccn2)o1)c1ccccc1. The second-order valence-electron chi connectivity index (χ2n) is 4.35. The number of nitrogens with one attached hydrogen (secondary N) is 1. The van der Waals surface area contributed by atoms with Crippen molar-refractivity contribution in [3.63, 3.8) is 0 Å². The van der Waals surface area contributed by atoms with Gasteiger partial charge in [-0.15, -0.1) is 10.2 Å². The minimum absolute atomic E-state index is 0.0862. The Labute approximate surface area is 127 Å². The van der Waals surface area contributed by atoms with Crippen LogP contribution in [0, 0.1) is 0 Å². The summed E-state index contributed by atoms with van der Waals surface area (Å²) in [5.41, 5.74) is 0.534. The standard InChI is InChI=1S/C14H12N4O3S/c19-22(20,11-6-2-1-3-7-11)16-10-13-17-18-14(21-13)12-8-4-5-9-15-12/h1-9,16H,10H2. The maximum absolute atomic E-state index is 12.1. The van der Waals surface area contributed by atoms with Gasteiger partial charge >= 0.3 is 0 Å². The van der Waals surface area contributed by atoms with Crippen LogP contribution in [0.4, 0.5) is 0 Å². The fourth-order valence-electron chi connectivity index (χ4n) is 1.76. The number of hydrogen-bond acceptors (Lipinski definition) is 6. The van der Waals surface area contributed by atoms with E-state index in [1.165, 1.54) is 12.1 Å². The normalized spacial score (nSPS) is 11.5. The van der Waals surface area contributed by atoms with Crippen molar-refractivity contribution in [1.82, 2.24) is 19.9 Å². The highest BCUT2D eigenvalue weighted by Crippen LogP contribution is 2.14. The van der Waals surface area contributed by atoms with Crippen LogP contribution in [0.3, 0.4) is 0 Å². The van der Waals surface area contributed by atoms with Gasteiger partial charge in [-0.25, -0.2) is 13.1 Å². The lowest BCUT2D eigenvalue weighted by atomic mass is 10.3. The summed E-state index contributed by atoms with van der Waals surface area (Å²) in [6, 6.07) is 13.4. The fraction of sp³-hybridized carbons (Fsp3) is 0.0714. The molecule has 0 atom stereocenters. The average Bonchev–Trinajstić information content (AvgIpc) is 3.04. The predicted molar refractivity (Wildman–Crippen MR) is 78.0 cm³/mol. The molecule has 3 aromatic rings. The second-order valence-corrected chi connectivity index (χ2v) is 6.12. The molecule has 2 aromatic heterocycles. The third-order valence-corrected chi connectivity index (χ3v) is 4.23. The molecular weight excluding hydrogens is 304 g/mol. The lowest BCUT2D eigenvalue weighted by Gasteiger charge is -2.03. The predicted octanol–water partition coefficient (Wildman–Crippen LogP) is 1.61. The summed E-state index contributed by atoms with van der Waals surface area (Å²) in [6.07, 6.45) is 1.61. The van der Waals surface area contributed by atoms with Crippen molar-refractivity contribution in [3.8, 4) is 11.6 Å². The number of pyridine rings is 1. The summed E-state index contributed by atoms with van der Waals surface area (Å²) >= 11 is 0. The minimum Gasteiger partial charge on any atom is -0.418 e. The third kappa shape index (κ3) is 3.18. The van der Waals surface area contributed by atoms with Crippen molar-refractivity contribution in [3.05, 3.63) is 60.6 Å². The Bertz CT molecular complexity index is 848. The first kappa shape index (κ1) is 14.4. The van der Waals surface area contributed by atoms with Gasteiger partial charge in [-0.2, -0.15) is 0 Å². The molecule has 1 N–H and O–H groups in total. The second kappa shape index (κ2) is 6.04. The van der Waals surface area contributed by atoms with E-state index in [0.29, 0.717) is 5.69 Å².